The number of nitrogens with zero attached hydrogens (tertiary/aromatic N) is 2. The minimum absolute atomic E-state index is 0. The molecule has 0 saturated carbocycles. The quantitative estimate of drug-likeness (QED) is 0.428. The van der Waals surface area contributed by atoms with E-state index in [1.54, 1.807) is 18.2 Å². The minimum atomic E-state index is -4.29. The van der Waals surface area contributed by atoms with Crippen molar-refractivity contribution in [3.05, 3.63) is 60.7 Å². The van der Waals surface area contributed by atoms with Crippen LogP contribution in [0, 0.1) is 0 Å². The van der Waals surface area contributed by atoms with Crippen molar-refractivity contribution in [1.82, 2.24) is 0 Å². The SMILES string of the molecule is O=S(=O)(O)c1ccc2c(/N=N/c3ccccc3)c(O)ccc2c1.[NaH]. The Morgan fingerprint density at radius 1 is 0.875 bits per heavy atom. The normalized spacial score (nSPS) is 11.5. The zero-order chi connectivity index (χ0) is 16.4. The van der Waals surface area contributed by atoms with Crippen LogP contribution in [-0.4, -0.2) is 47.6 Å². The summed E-state index contributed by atoms with van der Waals surface area (Å²) >= 11 is 0. The molecule has 3 aromatic rings. The van der Waals surface area contributed by atoms with Gasteiger partial charge in [-0.3, -0.25) is 4.55 Å². The second-order valence-electron chi connectivity index (χ2n) is 4.83. The third kappa shape index (κ3) is 4.00. The van der Waals surface area contributed by atoms with Gasteiger partial charge < -0.3 is 5.11 Å². The van der Waals surface area contributed by atoms with E-state index in [0.29, 0.717) is 16.5 Å². The van der Waals surface area contributed by atoms with Crippen molar-refractivity contribution in [2.75, 3.05) is 0 Å². The van der Waals surface area contributed by atoms with Crippen molar-refractivity contribution in [2.45, 2.75) is 4.90 Å². The molecule has 6 nitrogen and oxygen atoms in total. The summed E-state index contributed by atoms with van der Waals surface area (Å²) in [5, 5.41) is 19.1. The molecular weight excluding hydrogens is 339 g/mol. The van der Waals surface area contributed by atoms with Crippen molar-refractivity contribution < 1.29 is 18.1 Å². The van der Waals surface area contributed by atoms with Crippen LogP contribution in [-0.2, 0) is 10.1 Å². The average molecular weight is 352 g/mol. The summed E-state index contributed by atoms with van der Waals surface area (Å²) in [6.45, 7) is 0. The van der Waals surface area contributed by atoms with Gasteiger partial charge in [-0.15, -0.1) is 5.11 Å². The Bertz CT molecular complexity index is 1010. The van der Waals surface area contributed by atoms with Crippen LogP contribution in [0.3, 0.4) is 0 Å². The summed E-state index contributed by atoms with van der Waals surface area (Å²) in [6, 6.07) is 16.0. The number of hydrogen-bond donors (Lipinski definition) is 2. The summed E-state index contributed by atoms with van der Waals surface area (Å²) in [5.74, 6) is -0.0724. The van der Waals surface area contributed by atoms with E-state index in [9.17, 15) is 13.5 Å². The van der Waals surface area contributed by atoms with Crippen LogP contribution < -0.4 is 0 Å². The summed E-state index contributed by atoms with van der Waals surface area (Å²) in [4.78, 5) is -0.221. The molecule has 2 N–H and O–H groups in total. The molecule has 3 rings (SSSR count). The second kappa shape index (κ2) is 7.42. The zero-order valence-corrected chi connectivity index (χ0v) is 12.6. The van der Waals surface area contributed by atoms with E-state index in [1.807, 2.05) is 18.2 Å². The first-order valence-corrected chi connectivity index (χ1v) is 8.09. The first-order valence-electron chi connectivity index (χ1n) is 6.65. The fourth-order valence-electron chi connectivity index (χ4n) is 2.15. The third-order valence-electron chi connectivity index (χ3n) is 3.26. The molecule has 0 unspecified atom stereocenters. The van der Waals surface area contributed by atoms with Crippen LogP contribution in [0.5, 0.6) is 5.75 Å². The van der Waals surface area contributed by atoms with Gasteiger partial charge in [0, 0.05) is 5.39 Å². The van der Waals surface area contributed by atoms with Crippen molar-refractivity contribution >= 4 is 61.8 Å². The maximum absolute atomic E-state index is 11.2. The Morgan fingerprint density at radius 3 is 2.25 bits per heavy atom. The fourth-order valence-corrected chi connectivity index (χ4v) is 2.66. The Hall–Kier alpha value is -1.77. The number of phenolic OH excluding ortho intramolecular Hbond substituents is 1. The van der Waals surface area contributed by atoms with E-state index in [1.165, 1.54) is 24.3 Å². The van der Waals surface area contributed by atoms with Gasteiger partial charge in [-0.1, -0.05) is 30.3 Å². The van der Waals surface area contributed by atoms with Crippen molar-refractivity contribution in [2.24, 2.45) is 10.2 Å². The Balaban J connectivity index is 0.00000208. The number of benzene rings is 3. The Labute approximate surface area is 160 Å². The van der Waals surface area contributed by atoms with Crippen LogP contribution in [0.4, 0.5) is 11.4 Å². The van der Waals surface area contributed by atoms with E-state index >= 15 is 0 Å². The number of aromatic hydroxyl groups is 1. The van der Waals surface area contributed by atoms with E-state index < -0.39 is 10.1 Å². The molecule has 0 radical (unpaired) electrons. The molecule has 0 aliphatic heterocycles. The molecule has 0 aromatic heterocycles. The monoisotopic (exact) mass is 352 g/mol. The molecule has 118 valence electrons. The zero-order valence-electron chi connectivity index (χ0n) is 11.8. The molecule has 0 bridgehead atoms. The van der Waals surface area contributed by atoms with Gasteiger partial charge in [-0.05, 0) is 35.7 Å². The van der Waals surface area contributed by atoms with E-state index in [0.717, 1.165) is 0 Å². The number of hydrogen-bond acceptors (Lipinski definition) is 5. The van der Waals surface area contributed by atoms with E-state index in [-0.39, 0.29) is 45.9 Å². The number of azo groups is 1. The number of phenols is 1. The molecule has 0 amide bonds. The van der Waals surface area contributed by atoms with Crippen LogP contribution in [0.1, 0.15) is 0 Å². The Kier molecular flexibility index (Phi) is 5.74. The topological polar surface area (TPSA) is 99.3 Å². The van der Waals surface area contributed by atoms with Gasteiger partial charge in [-0.25, -0.2) is 0 Å². The van der Waals surface area contributed by atoms with Gasteiger partial charge in [0.05, 0.1) is 10.6 Å². The summed E-state index contributed by atoms with van der Waals surface area (Å²) in [7, 11) is -4.29. The molecule has 0 aliphatic rings. The number of rotatable bonds is 3. The number of fused-ring (bicyclic) bond motifs is 1. The third-order valence-corrected chi connectivity index (χ3v) is 4.11. The van der Waals surface area contributed by atoms with Gasteiger partial charge in [0.1, 0.15) is 11.4 Å². The summed E-state index contributed by atoms with van der Waals surface area (Å²) in [6.07, 6.45) is 0. The molecule has 0 spiro atoms. The van der Waals surface area contributed by atoms with Crippen molar-refractivity contribution in [3.8, 4) is 5.75 Å². The van der Waals surface area contributed by atoms with Gasteiger partial charge in [0.2, 0.25) is 0 Å². The second-order valence-corrected chi connectivity index (χ2v) is 6.25. The van der Waals surface area contributed by atoms with Crippen molar-refractivity contribution in [1.29, 1.82) is 0 Å². The molecule has 0 saturated heterocycles. The molecule has 0 aliphatic carbocycles. The molecule has 0 fully saturated rings. The van der Waals surface area contributed by atoms with E-state index in [4.69, 9.17) is 4.55 Å². The van der Waals surface area contributed by atoms with Gasteiger partial charge in [-0.2, -0.15) is 13.5 Å². The molecule has 24 heavy (non-hydrogen) atoms. The predicted octanol–water partition coefficient (Wildman–Crippen LogP) is 3.56. The molecule has 3 aromatic carbocycles. The maximum atomic E-state index is 11.2. The molecule has 0 heterocycles. The standard InChI is InChI=1S/C16H12N2O4S.Na.H/c19-15-9-6-11-10-13(23(20,21)22)7-8-14(11)16(15)18-17-12-4-2-1-3-5-12;;/h1-10,19H,(H,20,21,22);;/b18-17+;;. The first-order chi connectivity index (χ1) is 10.9. The van der Waals surface area contributed by atoms with Gasteiger partial charge >= 0.3 is 29.6 Å². The molecular formula is C16H13N2NaO4S. The molecule has 8 heteroatoms. The summed E-state index contributed by atoms with van der Waals surface area (Å²) < 4.78 is 31.5. The summed E-state index contributed by atoms with van der Waals surface area (Å²) in [5.41, 5.74) is 0.853. The van der Waals surface area contributed by atoms with Crippen molar-refractivity contribution in [3.63, 3.8) is 0 Å². The average Bonchev–Trinajstić information content (AvgIpc) is 2.53. The van der Waals surface area contributed by atoms with Gasteiger partial charge in [0.25, 0.3) is 10.1 Å². The van der Waals surface area contributed by atoms with Crippen LogP contribution in [0.2, 0.25) is 0 Å². The van der Waals surface area contributed by atoms with Crippen LogP contribution >= 0.6 is 0 Å². The Morgan fingerprint density at radius 2 is 1.58 bits per heavy atom. The van der Waals surface area contributed by atoms with Gasteiger partial charge in [0.15, 0.2) is 0 Å². The van der Waals surface area contributed by atoms with E-state index in [2.05, 4.69) is 10.2 Å². The van der Waals surface area contributed by atoms with Crippen LogP contribution in [0.15, 0.2) is 75.8 Å². The molecule has 0 atom stereocenters. The fraction of sp³-hybridized carbons (Fsp3) is 0. The predicted molar refractivity (Wildman–Crippen MR) is 93.2 cm³/mol. The first kappa shape index (κ1) is 18.6. The van der Waals surface area contributed by atoms with Crippen LogP contribution in [0.25, 0.3) is 10.8 Å².